The van der Waals surface area contributed by atoms with E-state index < -0.39 is 0 Å². The van der Waals surface area contributed by atoms with E-state index in [0.717, 1.165) is 18.7 Å². The first-order valence-electron chi connectivity index (χ1n) is 6.92. The summed E-state index contributed by atoms with van der Waals surface area (Å²) in [5, 5.41) is 16.7. The second-order valence-electron chi connectivity index (χ2n) is 4.99. The largest absolute Gasteiger partial charge is 0.396 e. The van der Waals surface area contributed by atoms with E-state index in [1.165, 1.54) is 0 Å². The monoisotopic (exact) mass is 275 g/mol. The van der Waals surface area contributed by atoms with Crippen LogP contribution in [0.3, 0.4) is 0 Å². The molecule has 0 amide bonds. The zero-order valence-electron chi connectivity index (χ0n) is 11.9. The van der Waals surface area contributed by atoms with Gasteiger partial charge in [-0.3, -0.25) is 4.98 Å². The van der Waals surface area contributed by atoms with Gasteiger partial charge in [-0.05, 0) is 24.8 Å². The van der Waals surface area contributed by atoms with Crippen molar-refractivity contribution >= 4 is 5.82 Å². The Balaban J connectivity index is 2.07. The third-order valence-electron chi connectivity index (χ3n) is 3.20. The Labute approximate surface area is 118 Å². The van der Waals surface area contributed by atoms with E-state index in [1.54, 1.807) is 23.3 Å². The first kappa shape index (κ1) is 14.5. The van der Waals surface area contributed by atoms with Crippen molar-refractivity contribution in [3.8, 4) is 5.82 Å². The van der Waals surface area contributed by atoms with Crippen molar-refractivity contribution in [3.63, 3.8) is 0 Å². The number of nitrogens with zero attached hydrogens (tertiary/aromatic N) is 4. The molecule has 0 aliphatic carbocycles. The summed E-state index contributed by atoms with van der Waals surface area (Å²) >= 11 is 0. The summed E-state index contributed by atoms with van der Waals surface area (Å²) in [6.07, 6.45) is 8.80. The predicted octanol–water partition coefficient (Wildman–Crippen LogP) is 1.87. The third-order valence-corrected chi connectivity index (χ3v) is 3.20. The summed E-state index contributed by atoms with van der Waals surface area (Å²) in [7, 11) is 0. The van der Waals surface area contributed by atoms with Crippen molar-refractivity contribution in [2.24, 2.45) is 5.92 Å². The fourth-order valence-corrected chi connectivity index (χ4v) is 2.04. The van der Waals surface area contributed by atoms with Crippen LogP contribution in [-0.4, -0.2) is 37.5 Å². The lowest BCUT2D eigenvalue weighted by atomic mass is 10.0. The molecule has 0 spiro atoms. The summed E-state index contributed by atoms with van der Waals surface area (Å²) in [6.45, 7) is 4.36. The van der Waals surface area contributed by atoms with E-state index in [0.29, 0.717) is 5.82 Å². The second-order valence-corrected chi connectivity index (χ2v) is 4.99. The number of anilines is 1. The van der Waals surface area contributed by atoms with E-state index in [-0.39, 0.29) is 18.6 Å². The van der Waals surface area contributed by atoms with Crippen LogP contribution in [-0.2, 0) is 0 Å². The first-order chi connectivity index (χ1) is 9.72. The average molecular weight is 275 g/mol. The van der Waals surface area contributed by atoms with Gasteiger partial charge >= 0.3 is 0 Å². The van der Waals surface area contributed by atoms with Crippen LogP contribution in [0.2, 0.25) is 0 Å². The molecule has 2 rings (SSSR count). The van der Waals surface area contributed by atoms with E-state index in [1.807, 2.05) is 19.2 Å². The number of aliphatic hydroxyl groups excluding tert-OH is 1. The maximum Gasteiger partial charge on any atom is 0.173 e. The van der Waals surface area contributed by atoms with Gasteiger partial charge < -0.3 is 10.4 Å². The lowest BCUT2D eigenvalue weighted by molar-refractivity contribution is 0.224. The van der Waals surface area contributed by atoms with Gasteiger partial charge in [-0.1, -0.05) is 13.8 Å². The molecule has 2 N–H and O–H groups in total. The van der Waals surface area contributed by atoms with Crippen molar-refractivity contribution in [1.82, 2.24) is 19.7 Å². The molecule has 6 heteroatoms. The number of aromatic nitrogens is 4. The summed E-state index contributed by atoms with van der Waals surface area (Å²) in [5.41, 5.74) is 0. The maximum atomic E-state index is 9.15. The zero-order valence-corrected chi connectivity index (χ0v) is 11.9. The van der Waals surface area contributed by atoms with E-state index in [9.17, 15) is 0 Å². The molecule has 0 fully saturated rings. The van der Waals surface area contributed by atoms with Crippen LogP contribution in [0.25, 0.3) is 5.82 Å². The van der Waals surface area contributed by atoms with Crippen molar-refractivity contribution in [2.75, 3.05) is 11.9 Å². The fraction of sp³-hybridized carbons (Fsp3) is 0.500. The Morgan fingerprint density at radius 2 is 2.25 bits per heavy atom. The normalized spacial score (nSPS) is 13.9. The van der Waals surface area contributed by atoms with Gasteiger partial charge in [0.15, 0.2) is 5.82 Å². The van der Waals surface area contributed by atoms with Gasteiger partial charge in [0.2, 0.25) is 0 Å². The molecule has 0 saturated carbocycles. The lowest BCUT2D eigenvalue weighted by Crippen LogP contribution is -2.23. The molecule has 6 nitrogen and oxygen atoms in total. The van der Waals surface area contributed by atoms with Crippen LogP contribution < -0.4 is 5.32 Å². The van der Waals surface area contributed by atoms with Crippen molar-refractivity contribution in [2.45, 2.75) is 32.7 Å². The van der Waals surface area contributed by atoms with Crippen molar-refractivity contribution < 1.29 is 5.11 Å². The third kappa shape index (κ3) is 3.77. The first-order valence-corrected chi connectivity index (χ1v) is 6.92. The number of hydrogen-bond acceptors (Lipinski definition) is 5. The summed E-state index contributed by atoms with van der Waals surface area (Å²) in [5.74, 6) is 1.69. The SMILES string of the molecule is CC[C@H](C[C@H](C)CO)Nc1cncc(-n2cccn2)n1. The highest BCUT2D eigenvalue weighted by Gasteiger charge is 2.12. The number of nitrogens with one attached hydrogen (secondary N) is 1. The van der Waals surface area contributed by atoms with Crippen molar-refractivity contribution in [1.29, 1.82) is 0 Å². The Morgan fingerprint density at radius 1 is 1.40 bits per heavy atom. The Morgan fingerprint density at radius 3 is 2.90 bits per heavy atom. The highest BCUT2D eigenvalue weighted by atomic mass is 16.3. The average Bonchev–Trinajstić information content (AvgIpc) is 3.01. The van der Waals surface area contributed by atoms with E-state index in [4.69, 9.17) is 5.11 Å². The van der Waals surface area contributed by atoms with Crippen LogP contribution in [0.1, 0.15) is 26.7 Å². The summed E-state index contributed by atoms with van der Waals surface area (Å²) in [6, 6.07) is 2.12. The number of aliphatic hydroxyl groups is 1. The molecule has 2 aromatic rings. The van der Waals surface area contributed by atoms with Gasteiger partial charge in [-0.25, -0.2) is 9.67 Å². The quantitative estimate of drug-likeness (QED) is 0.806. The molecule has 20 heavy (non-hydrogen) atoms. The van der Waals surface area contributed by atoms with Gasteiger partial charge in [0.05, 0.1) is 12.4 Å². The Hall–Kier alpha value is -1.95. The second kappa shape index (κ2) is 7.00. The highest BCUT2D eigenvalue weighted by Crippen LogP contribution is 2.14. The lowest BCUT2D eigenvalue weighted by Gasteiger charge is -2.20. The molecule has 0 aliphatic rings. The number of rotatable bonds is 7. The molecule has 0 saturated heterocycles. The van der Waals surface area contributed by atoms with Crippen LogP contribution in [0.4, 0.5) is 5.82 Å². The minimum Gasteiger partial charge on any atom is -0.396 e. The van der Waals surface area contributed by atoms with Gasteiger partial charge in [-0.15, -0.1) is 0 Å². The van der Waals surface area contributed by atoms with E-state index in [2.05, 4.69) is 27.3 Å². The van der Waals surface area contributed by atoms with Crippen LogP contribution in [0.5, 0.6) is 0 Å². The fourth-order valence-electron chi connectivity index (χ4n) is 2.04. The molecular formula is C14H21N5O. The Kier molecular flexibility index (Phi) is 5.06. The van der Waals surface area contributed by atoms with E-state index >= 15 is 0 Å². The summed E-state index contributed by atoms with van der Waals surface area (Å²) in [4.78, 5) is 8.69. The van der Waals surface area contributed by atoms with Crippen LogP contribution >= 0.6 is 0 Å². The minimum absolute atomic E-state index is 0.206. The molecule has 0 unspecified atom stereocenters. The van der Waals surface area contributed by atoms with Gasteiger partial charge in [0.1, 0.15) is 5.82 Å². The van der Waals surface area contributed by atoms with Crippen LogP contribution in [0, 0.1) is 5.92 Å². The maximum absolute atomic E-state index is 9.15. The highest BCUT2D eigenvalue weighted by molar-refractivity contribution is 5.36. The molecule has 2 aromatic heterocycles. The minimum atomic E-state index is 0.206. The molecule has 0 aromatic carbocycles. The molecule has 0 radical (unpaired) electrons. The van der Waals surface area contributed by atoms with Gasteiger partial charge in [-0.2, -0.15) is 5.10 Å². The summed E-state index contributed by atoms with van der Waals surface area (Å²) < 4.78 is 1.68. The van der Waals surface area contributed by atoms with Crippen LogP contribution in [0.15, 0.2) is 30.9 Å². The molecule has 0 aliphatic heterocycles. The molecule has 2 atom stereocenters. The Bertz CT molecular complexity index is 514. The topological polar surface area (TPSA) is 75.9 Å². The molecule has 108 valence electrons. The predicted molar refractivity (Wildman–Crippen MR) is 77.7 cm³/mol. The van der Waals surface area contributed by atoms with Gasteiger partial charge in [0.25, 0.3) is 0 Å². The number of hydrogen-bond donors (Lipinski definition) is 2. The molecule has 0 bridgehead atoms. The molecular weight excluding hydrogens is 254 g/mol. The van der Waals surface area contributed by atoms with Crippen molar-refractivity contribution in [3.05, 3.63) is 30.9 Å². The standard InChI is InChI=1S/C14H21N5O/c1-3-12(7-11(2)10-20)17-13-8-15-9-14(18-13)19-6-4-5-16-19/h4-6,8-9,11-12,20H,3,7,10H2,1-2H3,(H,17,18)/t11-,12+/m0/s1. The molecule has 2 heterocycles. The zero-order chi connectivity index (χ0) is 14.4. The smallest absolute Gasteiger partial charge is 0.173 e. The van der Waals surface area contributed by atoms with Gasteiger partial charge in [0, 0.05) is 25.0 Å².